The summed E-state index contributed by atoms with van der Waals surface area (Å²) >= 11 is 1.62. The lowest BCUT2D eigenvalue weighted by molar-refractivity contribution is -0.120. The van der Waals surface area contributed by atoms with Gasteiger partial charge >= 0.3 is 0 Å². The molecule has 23 heavy (non-hydrogen) atoms. The van der Waals surface area contributed by atoms with Gasteiger partial charge in [0.2, 0.25) is 5.91 Å². The van der Waals surface area contributed by atoms with E-state index in [1.54, 1.807) is 24.3 Å². The van der Waals surface area contributed by atoms with Crippen molar-refractivity contribution >= 4 is 23.2 Å². The molecule has 0 aliphatic heterocycles. The molecule has 0 saturated carbocycles. The molecule has 2 aromatic heterocycles. The topological polar surface area (TPSA) is 71.3 Å². The largest absolute Gasteiger partial charge is 0.469 e. The number of nitrogens with one attached hydrogen (secondary N) is 2. The Morgan fingerprint density at radius 2 is 2.09 bits per heavy atom. The fourth-order valence-electron chi connectivity index (χ4n) is 2.33. The standard InChI is InChI=1S/C17H22N2O3S/c1-11(2)9-14(15-5-4-8-23-15)19-16(20)10-18-17(21)13-6-7-22-12(13)3/h4-8,11,14H,9-10H2,1-3H3,(H,18,21)(H,19,20)/t14-/m0/s1. The molecular formula is C17H22N2O3S. The van der Waals surface area contributed by atoms with Crippen LogP contribution >= 0.6 is 11.3 Å². The molecule has 0 unspecified atom stereocenters. The Kier molecular flexibility index (Phi) is 5.98. The number of carbonyl (C=O) groups excluding carboxylic acids is 2. The molecule has 0 spiro atoms. The van der Waals surface area contributed by atoms with Crippen molar-refractivity contribution in [2.75, 3.05) is 6.54 Å². The highest BCUT2D eigenvalue weighted by atomic mass is 32.1. The highest BCUT2D eigenvalue weighted by Crippen LogP contribution is 2.25. The Morgan fingerprint density at radius 3 is 2.65 bits per heavy atom. The van der Waals surface area contributed by atoms with Crippen LogP contribution in [-0.2, 0) is 4.79 Å². The summed E-state index contributed by atoms with van der Waals surface area (Å²) < 4.78 is 5.09. The van der Waals surface area contributed by atoms with Crippen molar-refractivity contribution < 1.29 is 14.0 Å². The van der Waals surface area contributed by atoms with E-state index in [9.17, 15) is 9.59 Å². The Morgan fingerprint density at radius 1 is 1.30 bits per heavy atom. The number of furan rings is 1. The molecule has 0 radical (unpaired) electrons. The molecule has 0 aliphatic rings. The summed E-state index contributed by atoms with van der Waals surface area (Å²) in [5.41, 5.74) is 0.454. The summed E-state index contributed by atoms with van der Waals surface area (Å²) in [6.07, 6.45) is 2.32. The molecule has 2 rings (SSSR count). The van der Waals surface area contributed by atoms with Gasteiger partial charge in [0.05, 0.1) is 24.4 Å². The Balaban J connectivity index is 1.89. The van der Waals surface area contributed by atoms with E-state index in [1.165, 1.54) is 6.26 Å². The van der Waals surface area contributed by atoms with Crippen LogP contribution in [0.4, 0.5) is 0 Å². The van der Waals surface area contributed by atoms with E-state index < -0.39 is 0 Å². The molecule has 0 bridgehead atoms. The van der Waals surface area contributed by atoms with E-state index in [2.05, 4.69) is 24.5 Å². The van der Waals surface area contributed by atoms with Crippen LogP contribution in [0.1, 0.15) is 47.3 Å². The van der Waals surface area contributed by atoms with Crippen LogP contribution in [0.5, 0.6) is 0 Å². The van der Waals surface area contributed by atoms with Gasteiger partial charge in [-0.25, -0.2) is 0 Å². The number of carbonyl (C=O) groups is 2. The fraction of sp³-hybridized carbons (Fsp3) is 0.412. The molecule has 2 aromatic rings. The van der Waals surface area contributed by atoms with Crippen molar-refractivity contribution in [3.63, 3.8) is 0 Å². The summed E-state index contributed by atoms with van der Waals surface area (Å²) in [6, 6.07) is 5.57. The lowest BCUT2D eigenvalue weighted by Gasteiger charge is -2.19. The van der Waals surface area contributed by atoms with Crippen molar-refractivity contribution in [1.82, 2.24) is 10.6 Å². The Hall–Kier alpha value is -2.08. The number of rotatable bonds is 7. The zero-order chi connectivity index (χ0) is 16.8. The van der Waals surface area contributed by atoms with Gasteiger partial charge in [0.15, 0.2) is 0 Å². The fourth-order valence-corrected chi connectivity index (χ4v) is 3.12. The van der Waals surface area contributed by atoms with Crippen LogP contribution < -0.4 is 10.6 Å². The second-order valence-corrected chi connectivity index (χ2v) is 6.82. The number of hydrogen-bond donors (Lipinski definition) is 2. The van der Waals surface area contributed by atoms with E-state index in [-0.39, 0.29) is 24.4 Å². The van der Waals surface area contributed by atoms with Crippen LogP contribution in [0.2, 0.25) is 0 Å². The summed E-state index contributed by atoms with van der Waals surface area (Å²) in [7, 11) is 0. The van der Waals surface area contributed by atoms with Crippen molar-refractivity contribution in [2.45, 2.75) is 33.2 Å². The smallest absolute Gasteiger partial charge is 0.255 e. The summed E-state index contributed by atoms with van der Waals surface area (Å²) in [5.74, 6) is 0.506. The van der Waals surface area contributed by atoms with Gasteiger partial charge in [0.1, 0.15) is 5.76 Å². The van der Waals surface area contributed by atoms with Gasteiger partial charge < -0.3 is 15.1 Å². The summed E-state index contributed by atoms with van der Waals surface area (Å²) in [5, 5.41) is 7.62. The molecule has 2 N–H and O–H groups in total. The minimum Gasteiger partial charge on any atom is -0.469 e. The minimum absolute atomic E-state index is 0.0185. The van der Waals surface area contributed by atoms with Crippen LogP contribution in [-0.4, -0.2) is 18.4 Å². The molecular weight excluding hydrogens is 312 g/mol. The first-order valence-corrected chi connectivity index (χ1v) is 8.50. The average molecular weight is 334 g/mol. The van der Waals surface area contributed by atoms with Crippen molar-refractivity contribution in [1.29, 1.82) is 0 Å². The Labute approximate surface area is 140 Å². The third kappa shape index (κ3) is 4.96. The SMILES string of the molecule is Cc1occc1C(=O)NCC(=O)N[C@@H](CC(C)C)c1cccs1. The number of thiophene rings is 1. The van der Waals surface area contributed by atoms with Gasteiger partial charge in [-0.2, -0.15) is 0 Å². The highest BCUT2D eigenvalue weighted by Gasteiger charge is 2.18. The van der Waals surface area contributed by atoms with Crippen LogP contribution in [0.3, 0.4) is 0 Å². The van der Waals surface area contributed by atoms with Gasteiger partial charge in [-0.1, -0.05) is 19.9 Å². The van der Waals surface area contributed by atoms with E-state index in [0.29, 0.717) is 17.2 Å². The van der Waals surface area contributed by atoms with Crippen LogP contribution in [0, 0.1) is 12.8 Å². The minimum atomic E-state index is -0.303. The second-order valence-electron chi connectivity index (χ2n) is 5.84. The molecule has 5 nitrogen and oxygen atoms in total. The first kappa shape index (κ1) is 17.3. The average Bonchev–Trinajstić information content (AvgIpc) is 3.14. The zero-order valence-corrected chi connectivity index (χ0v) is 14.4. The quantitative estimate of drug-likeness (QED) is 0.816. The maximum Gasteiger partial charge on any atom is 0.255 e. The van der Waals surface area contributed by atoms with Gasteiger partial charge in [0.25, 0.3) is 5.91 Å². The van der Waals surface area contributed by atoms with Gasteiger partial charge in [0, 0.05) is 4.88 Å². The second kappa shape index (κ2) is 7.97. The van der Waals surface area contributed by atoms with Gasteiger partial charge in [-0.15, -0.1) is 11.3 Å². The molecule has 0 aliphatic carbocycles. The van der Waals surface area contributed by atoms with E-state index in [1.807, 2.05) is 17.5 Å². The maximum atomic E-state index is 12.1. The number of aryl methyl sites for hydroxylation is 1. The summed E-state index contributed by atoms with van der Waals surface area (Å²) in [4.78, 5) is 25.2. The third-order valence-electron chi connectivity index (χ3n) is 3.44. The van der Waals surface area contributed by atoms with Gasteiger partial charge in [-0.3, -0.25) is 9.59 Å². The first-order chi connectivity index (χ1) is 11.0. The molecule has 0 aromatic carbocycles. The third-order valence-corrected chi connectivity index (χ3v) is 4.43. The number of hydrogen-bond acceptors (Lipinski definition) is 4. The van der Waals surface area contributed by atoms with Crippen LogP contribution in [0.25, 0.3) is 0 Å². The molecule has 1 atom stereocenters. The maximum absolute atomic E-state index is 12.1. The first-order valence-electron chi connectivity index (χ1n) is 7.62. The molecule has 0 fully saturated rings. The monoisotopic (exact) mass is 334 g/mol. The van der Waals surface area contributed by atoms with Crippen molar-refractivity contribution in [2.24, 2.45) is 5.92 Å². The normalized spacial score (nSPS) is 12.2. The zero-order valence-electron chi connectivity index (χ0n) is 13.6. The molecule has 0 saturated heterocycles. The van der Waals surface area contributed by atoms with E-state index in [0.717, 1.165) is 11.3 Å². The van der Waals surface area contributed by atoms with E-state index in [4.69, 9.17) is 4.42 Å². The molecule has 2 heterocycles. The Bertz CT molecular complexity index is 647. The number of amides is 2. The highest BCUT2D eigenvalue weighted by molar-refractivity contribution is 7.10. The van der Waals surface area contributed by atoms with Crippen molar-refractivity contribution in [3.8, 4) is 0 Å². The lowest BCUT2D eigenvalue weighted by Crippen LogP contribution is -2.38. The molecule has 6 heteroatoms. The van der Waals surface area contributed by atoms with E-state index >= 15 is 0 Å². The molecule has 124 valence electrons. The van der Waals surface area contributed by atoms with Gasteiger partial charge in [-0.05, 0) is 36.8 Å². The predicted molar refractivity (Wildman–Crippen MR) is 90.4 cm³/mol. The van der Waals surface area contributed by atoms with Crippen LogP contribution in [0.15, 0.2) is 34.3 Å². The summed E-state index contributed by atoms with van der Waals surface area (Å²) in [6.45, 7) is 5.90. The molecule has 2 amide bonds. The lowest BCUT2D eigenvalue weighted by atomic mass is 10.0. The van der Waals surface area contributed by atoms with Crippen molar-refractivity contribution in [3.05, 3.63) is 46.0 Å². The predicted octanol–water partition coefficient (Wildman–Crippen LogP) is 3.28.